The van der Waals surface area contributed by atoms with Crippen molar-refractivity contribution in [1.29, 1.82) is 0 Å². The topological polar surface area (TPSA) is 26.7 Å². The second kappa shape index (κ2) is 6.42. The molecule has 0 bridgehead atoms. The molecule has 3 heteroatoms. The van der Waals surface area contributed by atoms with E-state index in [1.54, 1.807) is 0 Å². The van der Waals surface area contributed by atoms with Crippen LogP contribution in [0.2, 0.25) is 0 Å². The SMILES string of the molecule is Cc1ccccc1N1CCN([C@@H]2C=Cc3ccccc3[C@H]2O)CC1. The maximum atomic E-state index is 10.8. The first-order chi connectivity index (χ1) is 11.7. The first kappa shape index (κ1) is 15.4. The van der Waals surface area contributed by atoms with E-state index in [-0.39, 0.29) is 6.04 Å². The van der Waals surface area contributed by atoms with Gasteiger partial charge >= 0.3 is 0 Å². The largest absolute Gasteiger partial charge is 0.386 e. The predicted octanol–water partition coefficient (Wildman–Crippen LogP) is 3.25. The lowest BCUT2D eigenvalue weighted by Crippen LogP contribution is -2.52. The number of nitrogens with zero attached hydrogens (tertiary/aromatic N) is 2. The van der Waals surface area contributed by atoms with Crippen LogP contribution in [0.15, 0.2) is 54.6 Å². The van der Waals surface area contributed by atoms with Crippen LogP contribution in [0, 0.1) is 6.92 Å². The summed E-state index contributed by atoms with van der Waals surface area (Å²) in [5.74, 6) is 0. The third-order valence-electron chi connectivity index (χ3n) is 5.30. The molecule has 1 heterocycles. The lowest BCUT2D eigenvalue weighted by atomic mass is 9.90. The number of piperazine rings is 1. The first-order valence-corrected chi connectivity index (χ1v) is 8.74. The number of benzene rings is 2. The van der Waals surface area contributed by atoms with Crippen molar-refractivity contribution in [2.45, 2.75) is 19.1 Å². The Morgan fingerprint density at radius 2 is 1.62 bits per heavy atom. The molecule has 2 aromatic rings. The Kier molecular flexibility index (Phi) is 4.13. The minimum atomic E-state index is -0.434. The number of para-hydroxylation sites is 1. The van der Waals surface area contributed by atoms with Crippen LogP contribution in [0.3, 0.4) is 0 Å². The van der Waals surface area contributed by atoms with Crippen molar-refractivity contribution in [3.05, 3.63) is 71.3 Å². The molecular formula is C21H24N2O. The average molecular weight is 320 g/mol. The van der Waals surface area contributed by atoms with Crippen molar-refractivity contribution < 1.29 is 5.11 Å². The number of aliphatic hydroxyl groups is 1. The van der Waals surface area contributed by atoms with Crippen LogP contribution in [-0.4, -0.2) is 42.2 Å². The number of fused-ring (bicyclic) bond motifs is 1. The Bertz CT molecular complexity index is 747. The van der Waals surface area contributed by atoms with Gasteiger partial charge in [-0.05, 0) is 29.7 Å². The molecule has 0 saturated carbocycles. The van der Waals surface area contributed by atoms with Crippen LogP contribution < -0.4 is 4.90 Å². The first-order valence-electron chi connectivity index (χ1n) is 8.74. The minimum Gasteiger partial charge on any atom is -0.386 e. The van der Waals surface area contributed by atoms with Crippen molar-refractivity contribution in [2.75, 3.05) is 31.1 Å². The third-order valence-corrected chi connectivity index (χ3v) is 5.30. The monoisotopic (exact) mass is 320 g/mol. The van der Waals surface area contributed by atoms with Gasteiger partial charge in [-0.3, -0.25) is 4.90 Å². The van der Waals surface area contributed by atoms with Crippen molar-refractivity contribution >= 4 is 11.8 Å². The zero-order chi connectivity index (χ0) is 16.5. The molecule has 1 N–H and O–H groups in total. The molecule has 1 saturated heterocycles. The summed E-state index contributed by atoms with van der Waals surface area (Å²) in [6.45, 7) is 6.13. The van der Waals surface area contributed by atoms with E-state index in [4.69, 9.17) is 0 Å². The van der Waals surface area contributed by atoms with E-state index in [1.165, 1.54) is 11.3 Å². The summed E-state index contributed by atoms with van der Waals surface area (Å²) in [5.41, 5.74) is 4.85. The fourth-order valence-corrected chi connectivity index (χ4v) is 3.92. The summed E-state index contributed by atoms with van der Waals surface area (Å²) >= 11 is 0. The van der Waals surface area contributed by atoms with Crippen molar-refractivity contribution in [3.63, 3.8) is 0 Å². The van der Waals surface area contributed by atoms with Gasteiger partial charge in [0.25, 0.3) is 0 Å². The lowest BCUT2D eigenvalue weighted by Gasteiger charge is -2.42. The molecule has 4 rings (SSSR count). The molecule has 0 spiro atoms. The quantitative estimate of drug-likeness (QED) is 0.920. The second-order valence-electron chi connectivity index (χ2n) is 6.73. The third kappa shape index (κ3) is 2.74. The molecular weight excluding hydrogens is 296 g/mol. The van der Waals surface area contributed by atoms with Crippen LogP contribution in [0.5, 0.6) is 0 Å². The fraction of sp³-hybridized carbons (Fsp3) is 0.333. The molecule has 124 valence electrons. The molecule has 24 heavy (non-hydrogen) atoms. The number of aliphatic hydroxyl groups excluding tert-OH is 1. The highest BCUT2D eigenvalue weighted by Gasteiger charge is 2.31. The molecule has 0 amide bonds. The number of hydrogen-bond acceptors (Lipinski definition) is 3. The van der Waals surface area contributed by atoms with Crippen LogP contribution in [0.4, 0.5) is 5.69 Å². The highest BCUT2D eigenvalue weighted by Crippen LogP contribution is 2.31. The van der Waals surface area contributed by atoms with Crippen molar-refractivity contribution in [1.82, 2.24) is 4.90 Å². The zero-order valence-electron chi connectivity index (χ0n) is 14.1. The molecule has 0 unspecified atom stereocenters. The van der Waals surface area contributed by atoms with Gasteiger partial charge in [0.15, 0.2) is 0 Å². The van der Waals surface area contributed by atoms with E-state index >= 15 is 0 Å². The molecule has 3 nitrogen and oxygen atoms in total. The maximum Gasteiger partial charge on any atom is 0.0986 e. The summed E-state index contributed by atoms with van der Waals surface area (Å²) in [4.78, 5) is 4.87. The van der Waals surface area contributed by atoms with Crippen LogP contribution in [-0.2, 0) is 0 Å². The predicted molar refractivity (Wildman–Crippen MR) is 99.2 cm³/mol. The van der Waals surface area contributed by atoms with E-state index in [0.717, 1.165) is 37.3 Å². The molecule has 2 aromatic carbocycles. The smallest absolute Gasteiger partial charge is 0.0986 e. The van der Waals surface area contributed by atoms with Gasteiger partial charge in [-0.1, -0.05) is 54.6 Å². The van der Waals surface area contributed by atoms with Gasteiger partial charge in [0.1, 0.15) is 0 Å². The van der Waals surface area contributed by atoms with E-state index in [1.807, 2.05) is 18.2 Å². The number of aryl methyl sites for hydroxylation is 1. The fourth-order valence-electron chi connectivity index (χ4n) is 3.92. The van der Waals surface area contributed by atoms with Gasteiger partial charge in [-0.2, -0.15) is 0 Å². The van der Waals surface area contributed by atoms with Crippen molar-refractivity contribution in [2.24, 2.45) is 0 Å². The average Bonchev–Trinajstić information content (AvgIpc) is 2.63. The standard InChI is InChI=1S/C21H24N2O/c1-16-6-2-5-9-19(16)22-12-14-23(15-13-22)20-11-10-17-7-3-4-8-18(17)21(20)24/h2-11,20-21,24H,12-15H2,1H3/t20-,21-/m1/s1. The zero-order valence-corrected chi connectivity index (χ0v) is 14.1. The molecule has 0 aromatic heterocycles. The van der Waals surface area contributed by atoms with Crippen LogP contribution in [0.25, 0.3) is 6.08 Å². The van der Waals surface area contributed by atoms with Crippen LogP contribution in [0.1, 0.15) is 22.8 Å². The summed E-state index contributed by atoms with van der Waals surface area (Å²) in [7, 11) is 0. The number of anilines is 1. The van der Waals surface area contributed by atoms with E-state index in [9.17, 15) is 5.11 Å². The summed E-state index contributed by atoms with van der Waals surface area (Å²) in [5, 5.41) is 10.8. The Morgan fingerprint density at radius 3 is 2.42 bits per heavy atom. The van der Waals surface area contributed by atoms with E-state index in [2.05, 4.69) is 59.2 Å². The van der Waals surface area contributed by atoms with Gasteiger partial charge in [0, 0.05) is 31.9 Å². The summed E-state index contributed by atoms with van der Waals surface area (Å²) in [6.07, 6.45) is 3.88. The highest BCUT2D eigenvalue weighted by molar-refractivity contribution is 5.59. The number of hydrogen-bond donors (Lipinski definition) is 1. The van der Waals surface area contributed by atoms with E-state index in [0.29, 0.717) is 0 Å². The number of rotatable bonds is 2. The van der Waals surface area contributed by atoms with Crippen LogP contribution >= 0.6 is 0 Å². The Morgan fingerprint density at radius 1 is 0.917 bits per heavy atom. The Hall–Kier alpha value is -2.10. The van der Waals surface area contributed by atoms with Gasteiger partial charge in [0.2, 0.25) is 0 Å². The maximum absolute atomic E-state index is 10.8. The Balaban J connectivity index is 1.46. The van der Waals surface area contributed by atoms with Gasteiger partial charge < -0.3 is 10.0 Å². The summed E-state index contributed by atoms with van der Waals surface area (Å²) in [6, 6.07) is 16.8. The Labute approximate surface area is 143 Å². The highest BCUT2D eigenvalue weighted by atomic mass is 16.3. The van der Waals surface area contributed by atoms with Gasteiger partial charge in [-0.25, -0.2) is 0 Å². The van der Waals surface area contributed by atoms with Crippen molar-refractivity contribution in [3.8, 4) is 0 Å². The van der Waals surface area contributed by atoms with Gasteiger partial charge in [0.05, 0.1) is 12.1 Å². The molecule has 1 fully saturated rings. The second-order valence-corrected chi connectivity index (χ2v) is 6.73. The van der Waals surface area contributed by atoms with Gasteiger partial charge in [-0.15, -0.1) is 0 Å². The van der Waals surface area contributed by atoms with E-state index < -0.39 is 6.10 Å². The molecule has 2 atom stereocenters. The summed E-state index contributed by atoms with van der Waals surface area (Å²) < 4.78 is 0. The minimum absolute atomic E-state index is 0.0823. The molecule has 0 radical (unpaired) electrons. The molecule has 1 aliphatic carbocycles. The normalized spacial score (nSPS) is 24.0. The molecule has 2 aliphatic rings. The molecule has 1 aliphatic heterocycles. The lowest BCUT2D eigenvalue weighted by molar-refractivity contribution is 0.0684.